The molecule has 0 saturated carbocycles. The Hall–Kier alpha value is -1.35. The number of rotatable bonds is 1. The standard InChI is InChI=1S/C12H7ClN2OSe/c13-8-4-5-9-10(7-8)17-15(12(9)16)11-3-1-2-6-14-11/h1-7H. The van der Waals surface area contributed by atoms with Crippen molar-refractivity contribution in [3.05, 3.63) is 58.0 Å². The van der Waals surface area contributed by atoms with Gasteiger partial charge in [0.05, 0.1) is 0 Å². The number of halogens is 1. The van der Waals surface area contributed by atoms with Crippen molar-refractivity contribution in [3.8, 4) is 5.82 Å². The van der Waals surface area contributed by atoms with E-state index in [9.17, 15) is 4.79 Å². The van der Waals surface area contributed by atoms with Crippen molar-refractivity contribution in [2.75, 3.05) is 0 Å². The molecule has 3 rings (SSSR count). The monoisotopic (exact) mass is 310 g/mol. The zero-order chi connectivity index (χ0) is 11.8. The first kappa shape index (κ1) is 10.8. The molecule has 0 radical (unpaired) electrons. The van der Waals surface area contributed by atoms with Gasteiger partial charge in [-0.2, -0.15) is 0 Å². The Kier molecular flexibility index (Phi) is 2.63. The second-order valence-corrected chi connectivity index (χ2v) is 6.03. The second kappa shape index (κ2) is 4.15. The number of hydrogen-bond donors (Lipinski definition) is 0. The van der Waals surface area contributed by atoms with E-state index in [0.29, 0.717) is 10.8 Å². The van der Waals surface area contributed by atoms with E-state index < -0.39 is 0 Å². The fourth-order valence-electron chi connectivity index (χ4n) is 1.62. The molecule has 0 fully saturated rings. The quantitative estimate of drug-likeness (QED) is 0.645. The third-order valence-corrected chi connectivity index (χ3v) is 4.89. The normalized spacial score (nSPS) is 10.9. The molecule has 17 heavy (non-hydrogen) atoms. The number of aromatic nitrogens is 2. The molecule has 0 amide bonds. The number of hydrogen-bond acceptors (Lipinski definition) is 2. The van der Waals surface area contributed by atoms with Crippen molar-refractivity contribution in [1.29, 1.82) is 0 Å². The maximum absolute atomic E-state index is 12.2. The summed E-state index contributed by atoms with van der Waals surface area (Å²) >= 11 is 5.85. The Morgan fingerprint density at radius 2 is 2.12 bits per heavy atom. The third kappa shape index (κ3) is 1.84. The van der Waals surface area contributed by atoms with Gasteiger partial charge in [-0.15, -0.1) is 0 Å². The fourth-order valence-corrected chi connectivity index (χ4v) is 4.07. The summed E-state index contributed by atoms with van der Waals surface area (Å²) in [7, 11) is 0. The van der Waals surface area contributed by atoms with Crippen molar-refractivity contribution in [2.45, 2.75) is 0 Å². The summed E-state index contributed by atoms with van der Waals surface area (Å²) in [6.45, 7) is 0. The van der Waals surface area contributed by atoms with Gasteiger partial charge in [0.1, 0.15) is 0 Å². The molecule has 0 aliphatic rings. The summed E-state index contributed by atoms with van der Waals surface area (Å²) in [6.07, 6.45) is 1.69. The molecule has 0 atom stereocenters. The molecule has 84 valence electrons. The molecule has 1 aromatic carbocycles. The Labute approximate surface area is 108 Å². The van der Waals surface area contributed by atoms with Gasteiger partial charge in [-0.3, -0.25) is 0 Å². The summed E-state index contributed by atoms with van der Waals surface area (Å²) in [4.78, 5) is 16.4. The molecule has 0 bridgehead atoms. The van der Waals surface area contributed by atoms with Crippen LogP contribution >= 0.6 is 11.6 Å². The Morgan fingerprint density at radius 1 is 1.24 bits per heavy atom. The van der Waals surface area contributed by atoms with Crippen LogP contribution in [0.4, 0.5) is 0 Å². The van der Waals surface area contributed by atoms with E-state index in [1.165, 1.54) is 0 Å². The molecule has 2 aromatic heterocycles. The van der Waals surface area contributed by atoms with Gasteiger partial charge >= 0.3 is 108 Å². The summed E-state index contributed by atoms with van der Waals surface area (Å²) in [6, 6.07) is 10.9. The van der Waals surface area contributed by atoms with Gasteiger partial charge < -0.3 is 0 Å². The van der Waals surface area contributed by atoms with Gasteiger partial charge in [-0.1, -0.05) is 0 Å². The van der Waals surface area contributed by atoms with Crippen LogP contribution in [-0.4, -0.2) is 23.3 Å². The van der Waals surface area contributed by atoms with Crippen molar-refractivity contribution < 1.29 is 0 Å². The van der Waals surface area contributed by atoms with E-state index in [1.807, 2.05) is 24.3 Å². The molecule has 0 saturated heterocycles. The van der Waals surface area contributed by atoms with Crippen LogP contribution in [0.5, 0.6) is 0 Å². The Balaban J connectivity index is 2.32. The zero-order valence-electron chi connectivity index (χ0n) is 8.63. The van der Waals surface area contributed by atoms with Crippen LogP contribution in [0.25, 0.3) is 15.5 Å². The van der Waals surface area contributed by atoms with Crippen LogP contribution in [0.3, 0.4) is 0 Å². The molecule has 3 aromatic rings. The third-order valence-electron chi connectivity index (χ3n) is 2.41. The molecule has 0 spiro atoms. The van der Waals surface area contributed by atoms with Gasteiger partial charge in [-0.25, -0.2) is 0 Å². The first-order chi connectivity index (χ1) is 8.25. The maximum atomic E-state index is 12.2. The number of benzene rings is 1. The fraction of sp³-hybridized carbons (Fsp3) is 0. The van der Waals surface area contributed by atoms with E-state index in [-0.39, 0.29) is 20.3 Å². The van der Waals surface area contributed by atoms with Crippen LogP contribution in [0.15, 0.2) is 47.4 Å². The number of nitrogens with zero attached hydrogens (tertiary/aromatic N) is 2. The molecule has 0 N–H and O–H groups in total. The van der Waals surface area contributed by atoms with Crippen molar-refractivity contribution in [3.63, 3.8) is 0 Å². The Morgan fingerprint density at radius 3 is 2.88 bits per heavy atom. The van der Waals surface area contributed by atoms with Crippen molar-refractivity contribution in [2.24, 2.45) is 0 Å². The summed E-state index contributed by atoms with van der Waals surface area (Å²) in [5, 5.41) is 1.40. The minimum absolute atomic E-state index is 0.00960. The Bertz CT molecular complexity index is 733. The predicted molar refractivity (Wildman–Crippen MR) is 69.3 cm³/mol. The molecular weight excluding hydrogens is 303 g/mol. The molecule has 0 aliphatic carbocycles. The van der Waals surface area contributed by atoms with E-state index >= 15 is 0 Å². The molecule has 2 heterocycles. The first-order valence-corrected chi connectivity index (χ1v) is 6.99. The van der Waals surface area contributed by atoms with E-state index in [2.05, 4.69) is 4.98 Å². The van der Waals surface area contributed by atoms with Gasteiger partial charge in [-0.05, 0) is 0 Å². The average molecular weight is 310 g/mol. The molecular formula is C12H7ClN2OSe. The van der Waals surface area contributed by atoms with E-state index in [4.69, 9.17) is 11.6 Å². The molecule has 5 heteroatoms. The van der Waals surface area contributed by atoms with E-state index in [1.54, 1.807) is 21.9 Å². The summed E-state index contributed by atoms with van der Waals surface area (Å²) in [5.74, 6) is 0.699. The summed E-state index contributed by atoms with van der Waals surface area (Å²) in [5.41, 5.74) is 0.00960. The van der Waals surface area contributed by atoms with Crippen LogP contribution in [0.2, 0.25) is 5.02 Å². The van der Waals surface area contributed by atoms with Gasteiger partial charge in [0.15, 0.2) is 0 Å². The average Bonchev–Trinajstić information content (AvgIpc) is 2.67. The van der Waals surface area contributed by atoms with Crippen LogP contribution in [0.1, 0.15) is 0 Å². The second-order valence-electron chi connectivity index (χ2n) is 3.52. The van der Waals surface area contributed by atoms with Crippen LogP contribution in [-0.2, 0) is 0 Å². The number of pyridine rings is 1. The first-order valence-electron chi connectivity index (χ1n) is 4.99. The van der Waals surface area contributed by atoms with Crippen molar-refractivity contribution >= 4 is 36.0 Å². The van der Waals surface area contributed by atoms with Crippen LogP contribution in [0, 0.1) is 0 Å². The molecule has 3 nitrogen and oxygen atoms in total. The number of fused-ring (bicyclic) bond motifs is 1. The predicted octanol–water partition coefficient (Wildman–Crippen LogP) is 2.10. The van der Waals surface area contributed by atoms with Crippen LogP contribution < -0.4 is 5.56 Å². The molecule has 0 aliphatic heterocycles. The SMILES string of the molecule is O=c1c2ccc(Cl)cc2[se]n1-c1ccccn1. The topological polar surface area (TPSA) is 34.9 Å². The summed E-state index contributed by atoms with van der Waals surface area (Å²) < 4.78 is 2.73. The van der Waals surface area contributed by atoms with Crippen molar-refractivity contribution in [1.82, 2.24) is 8.55 Å². The van der Waals surface area contributed by atoms with Gasteiger partial charge in [0, 0.05) is 0 Å². The zero-order valence-corrected chi connectivity index (χ0v) is 11.1. The van der Waals surface area contributed by atoms with Gasteiger partial charge in [0.25, 0.3) is 0 Å². The molecule has 0 unspecified atom stereocenters. The minimum atomic E-state index is -0.0777. The van der Waals surface area contributed by atoms with Gasteiger partial charge in [0.2, 0.25) is 0 Å². The van der Waals surface area contributed by atoms with E-state index in [0.717, 1.165) is 9.65 Å².